The van der Waals surface area contributed by atoms with Gasteiger partial charge in [-0.05, 0) is 99.0 Å². The number of hydrogen-bond acceptors (Lipinski definition) is 0. The summed E-state index contributed by atoms with van der Waals surface area (Å²) < 4.78 is 96.9. The van der Waals surface area contributed by atoms with Crippen molar-refractivity contribution in [1.82, 2.24) is 9.13 Å². The molecule has 0 radical (unpaired) electrons. The smallest absolute Gasteiger partial charge is 0.310 e. The summed E-state index contributed by atoms with van der Waals surface area (Å²) in [6, 6.07) is 47.7. The lowest BCUT2D eigenvalue weighted by molar-refractivity contribution is -0.138. The number of nitrogens with zero attached hydrogens (tertiary/aromatic N) is 2. The van der Waals surface area contributed by atoms with Crippen LogP contribution >= 0.6 is 0 Å². The number of alkyl halides is 6. The molecule has 1 spiro atoms. The van der Waals surface area contributed by atoms with Gasteiger partial charge in [0, 0.05) is 44.1 Å². The molecule has 0 unspecified atom stereocenters. The third kappa shape index (κ3) is 4.21. The van der Waals surface area contributed by atoms with E-state index >= 15 is 26.3 Å². The minimum atomic E-state index is -4.79. The molecule has 1 aliphatic carbocycles. The highest BCUT2D eigenvalue weighted by Crippen LogP contribution is 2.63. The van der Waals surface area contributed by atoms with E-state index < -0.39 is 35.6 Å². The second-order valence-electron chi connectivity index (χ2n) is 17.9. The summed E-state index contributed by atoms with van der Waals surface area (Å²) in [5, 5.41) is 1.26. The van der Waals surface area contributed by atoms with Gasteiger partial charge < -0.3 is 9.13 Å². The van der Waals surface area contributed by atoms with Gasteiger partial charge in [0.1, 0.15) is 0 Å². The Morgan fingerprint density at radius 3 is 1.70 bits per heavy atom. The van der Waals surface area contributed by atoms with Crippen LogP contribution in [0.1, 0.15) is 44.5 Å². The Balaban J connectivity index is 1.26. The maximum absolute atomic E-state index is 15.5. The van der Waals surface area contributed by atoms with E-state index in [4.69, 9.17) is 0 Å². The summed E-state index contributed by atoms with van der Waals surface area (Å²) in [5.74, 6) is 0. The minimum absolute atomic E-state index is 0.151. The zero-order chi connectivity index (χ0) is 43.3. The second kappa shape index (κ2) is 11.7. The molecule has 4 aliphatic rings. The van der Waals surface area contributed by atoms with E-state index in [1.165, 1.54) is 12.1 Å². The monoisotopic (exact) mass is 844 g/mol. The number of aryl methyl sites for hydroxylation is 2. The van der Waals surface area contributed by atoms with Gasteiger partial charge in [-0.2, -0.15) is 26.3 Å². The van der Waals surface area contributed by atoms with E-state index in [-0.39, 0.29) is 10.8 Å². The van der Waals surface area contributed by atoms with Crippen molar-refractivity contribution in [2.75, 3.05) is 0 Å². The molecule has 2 nitrogen and oxygen atoms in total. The molecule has 3 aliphatic heterocycles. The molecule has 0 atom stereocenters. The maximum atomic E-state index is 15.5. The Morgan fingerprint density at radius 2 is 1.06 bits per heavy atom. The molecule has 8 aromatic carbocycles. The molecule has 2 aromatic heterocycles. The van der Waals surface area contributed by atoms with Crippen molar-refractivity contribution in [3.63, 3.8) is 0 Å². The predicted octanol–water partition coefficient (Wildman–Crippen LogP) is 12.5. The summed E-state index contributed by atoms with van der Waals surface area (Å²) in [4.78, 5) is 0. The molecule has 306 valence electrons. The third-order valence-corrected chi connectivity index (χ3v) is 14.6. The summed E-state index contributed by atoms with van der Waals surface area (Å²) in [6.07, 6.45) is -9.57. The van der Waals surface area contributed by atoms with Crippen molar-refractivity contribution in [2.24, 2.45) is 0 Å². The lowest BCUT2D eigenvalue weighted by Crippen LogP contribution is -2.60. The predicted molar refractivity (Wildman–Crippen MR) is 243 cm³/mol. The summed E-state index contributed by atoms with van der Waals surface area (Å²) in [7, 11) is 0. The molecule has 14 rings (SSSR count). The number of aromatic nitrogens is 2. The van der Waals surface area contributed by atoms with Crippen LogP contribution in [-0.4, -0.2) is 15.8 Å². The fraction of sp³-hybridized carbons (Fsp3) is 0.0909. The van der Waals surface area contributed by atoms with Gasteiger partial charge in [0.2, 0.25) is 0 Å². The van der Waals surface area contributed by atoms with E-state index in [9.17, 15) is 0 Å². The lowest BCUT2D eigenvalue weighted by atomic mass is 9.33. The van der Waals surface area contributed by atoms with Gasteiger partial charge in [-0.3, -0.25) is 0 Å². The zero-order valence-corrected chi connectivity index (χ0v) is 34.2. The second-order valence-corrected chi connectivity index (χ2v) is 17.9. The number of para-hydroxylation sites is 1. The Morgan fingerprint density at radius 1 is 0.469 bits per heavy atom. The van der Waals surface area contributed by atoms with E-state index in [1.54, 1.807) is 0 Å². The molecule has 0 fully saturated rings. The molecular weight excluding hydrogens is 813 g/mol. The SMILES string of the molecule is Cc1ccc2c(c1)C1(c3cc(C)ccc3-2)c2ccc3c4c2-n2c5c(cc(C(F)(F)F)cc5c5cc(C(F)(F)F)cc1c52)B4c1cccc2c(-c4ccccc4)c(-c4ccccc4)n-3c12. The highest BCUT2D eigenvalue weighted by molar-refractivity contribution is 7.00. The van der Waals surface area contributed by atoms with Crippen molar-refractivity contribution < 1.29 is 26.3 Å². The van der Waals surface area contributed by atoms with Crippen LogP contribution in [0.5, 0.6) is 0 Å². The Hall–Kier alpha value is -7.26. The van der Waals surface area contributed by atoms with Gasteiger partial charge in [0.15, 0.2) is 0 Å². The van der Waals surface area contributed by atoms with Gasteiger partial charge >= 0.3 is 12.4 Å². The first-order valence-corrected chi connectivity index (χ1v) is 21.4. The molecule has 0 amide bonds. The van der Waals surface area contributed by atoms with E-state index in [2.05, 4.69) is 71.3 Å². The highest BCUT2D eigenvalue weighted by Gasteiger charge is 2.55. The Kier molecular flexibility index (Phi) is 6.60. The number of fused-ring (bicyclic) bond motifs is 11. The Bertz CT molecular complexity index is 3730. The van der Waals surface area contributed by atoms with Gasteiger partial charge in [0.05, 0.1) is 27.8 Å². The van der Waals surface area contributed by atoms with Crippen LogP contribution < -0.4 is 16.4 Å². The molecular formula is C55H31BF6N2. The minimum Gasteiger partial charge on any atom is -0.310 e. The van der Waals surface area contributed by atoms with Crippen molar-refractivity contribution >= 4 is 55.8 Å². The molecule has 0 bridgehead atoms. The molecule has 10 aromatic rings. The van der Waals surface area contributed by atoms with E-state index in [1.807, 2.05) is 79.1 Å². The van der Waals surface area contributed by atoms with Gasteiger partial charge in [0.25, 0.3) is 6.71 Å². The van der Waals surface area contributed by atoms with E-state index in [0.717, 1.165) is 107 Å². The molecule has 0 saturated carbocycles. The van der Waals surface area contributed by atoms with Crippen LogP contribution in [0.2, 0.25) is 0 Å². The first kappa shape index (κ1) is 36.3. The van der Waals surface area contributed by atoms with Crippen molar-refractivity contribution in [2.45, 2.75) is 31.6 Å². The van der Waals surface area contributed by atoms with Crippen LogP contribution in [0, 0.1) is 13.8 Å². The zero-order valence-electron chi connectivity index (χ0n) is 34.2. The summed E-state index contributed by atoms with van der Waals surface area (Å²) >= 11 is 0. The topological polar surface area (TPSA) is 9.86 Å². The lowest BCUT2D eigenvalue weighted by Gasteiger charge is -2.44. The number of halogens is 6. The number of benzene rings is 8. The highest BCUT2D eigenvalue weighted by atomic mass is 19.4. The van der Waals surface area contributed by atoms with Crippen LogP contribution in [0.3, 0.4) is 0 Å². The molecule has 0 N–H and O–H groups in total. The third-order valence-electron chi connectivity index (χ3n) is 14.6. The molecule has 9 heteroatoms. The number of hydrogen-bond donors (Lipinski definition) is 0. The Labute approximate surface area is 362 Å². The summed E-state index contributed by atoms with van der Waals surface area (Å²) in [6.45, 7) is 3.29. The average Bonchev–Trinajstić information content (AvgIpc) is 3.90. The number of rotatable bonds is 2. The van der Waals surface area contributed by atoms with Crippen molar-refractivity contribution in [1.29, 1.82) is 0 Å². The van der Waals surface area contributed by atoms with Crippen molar-refractivity contribution in [3.05, 3.63) is 196 Å². The van der Waals surface area contributed by atoms with E-state index in [0.29, 0.717) is 22.1 Å². The van der Waals surface area contributed by atoms with Crippen LogP contribution in [0.25, 0.3) is 77.6 Å². The van der Waals surface area contributed by atoms with Crippen LogP contribution in [0.15, 0.2) is 152 Å². The van der Waals surface area contributed by atoms with Crippen molar-refractivity contribution in [3.8, 4) is 44.9 Å². The normalized spacial score (nSPS) is 14.7. The van der Waals surface area contributed by atoms with Gasteiger partial charge in [-0.15, -0.1) is 0 Å². The largest absolute Gasteiger partial charge is 0.416 e. The average molecular weight is 845 g/mol. The van der Waals surface area contributed by atoms with Crippen LogP contribution in [-0.2, 0) is 17.8 Å². The standard InChI is InChI=1S/C55H31BF6N2/c1-28-16-18-34-35-19-17-29(2)23-41(35)53(40(34)22-28)39-20-21-45-47-52(39)64-49-37(24-32(26-42(49)53)54(57,58)59)38-25-33(55(60,61)62)27-44(51(38)64)56(47)43-15-9-14-36-46(30-10-5-3-6-11-30)48(63(45)50(36)43)31-12-7-4-8-13-31/h3-27H,1-2H3. The fourth-order valence-corrected chi connectivity index (χ4v) is 12.3. The maximum Gasteiger partial charge on any atom is 0.416 e. The molecule has 64 heavy (non-hydrogen) atoms. The molecule has 0 saturated heterocycles. The van der Waals surface area contributed by atoms with Gasteiger partial charge in [-0.25, -0.2) is 0 Å². The fourth-order valence-electron chi connectivity index (χ4n) is 12.3. The molecule has 5 heterocycles. The quantitative estimate of drug-likeness (QED) is 0.121. The van der Waals surface area contributed by atoms with Crippen LogP contribution in [0.4, 0.5) is 26.3 Å². The van der Waals surface area contributed by atoms with Gasteiger partial charge in [-0.1, -0.05) is 139 Å². The summed E-state index contributed by atoms with van der Waals surface area (Å²) in [5.41, 5.74) is 13.1. The first-order chi connectivity index (χ1) is 30.9. The first-order valence-electron chi connectivity index (χ1n) is 21.4.